The summed E-state index contributed by atoms with van der Waals surface area (Å²) in [5.41, 5.74) is 1.75. The van der Waals surface area contributed by atoms with Crippen molar-refractivity contribution >= 4 is 44.9 Å². The van der Waals surface area contributed by atoms with Crippen molar-refractivity contribution in [2.75, 3.05) is 36.4 Å². The summed E-state index contributed by atoms with van der Waals surface area (Å²) in [5, 5.41) is 3.64. The van der Waals surface area contributed by atoms with Gasteiger partial charge in [0.05, 0.1) is 5.02 Å². The number of carbonyl (C=O) groups excluding carboxylic acids is 1. The lowest BCUT2D eigenvalue weighted by molar-refractivity contribution is 0.0746. The number of amidine groups is 1. The minimum Gasteiger partial charge on any atom is -0.353 e. The van der Waals surface area contributed by atoms with Crippen LogP contribution in [0.5, 0.6) is 0 Å². The first kappa shape index (κ1) is 21.4. The Hall–Kier alpha value is -3.43. The zero-order valence-electron chi connectivity index (χ0n) is 17.5. The number of fused-ring (bicyclic) bond motifs is 1. The molecule has 1 N–H and O–H groups in total. The van der Waals surface area contributed by atoms with E-state index in [0.717, 1.165) is 5.82 Å². The Morgan fingerprint density at radius 1 is 0.939 bits per heavy atom. The van der Waals surface area contributed by atoms with Gasteiger partial charge in [0.1, 0.15) is 10.7 Å². The number of aromatic nitrogens is 1. The molecule has 3 aromatic rings. The second kappa shape index (κ2) is 8.49. The molecule has 0 saturated carbocycles. The van der Waals surface area contributed by atoms with Crippen molar-refractivity contribution in [2.24, 2.45) is 4.40 Å². The van der Waals surface area contributed by atoms with E-state index in [1.54, 1.807) is 48.7 Å². The van der Waals surface area contributed by atoms with Crippen LogP contribution in [0.15, 0.2) is 76.2 Å². The molecule has 5 rings (SSSR count). The monoisotopic (exact) mass is 481 g/mol. The molecule has 1 saturated heterocycles. The lowest BCUT2D eigenvalue weighted by atomic mass is 10.1. The third-order valence-corrected chi connectivity index (χ3v) is 7.19. The van der Waals surface area contributed by atoms with Gasteiger partial charge in [0, 0.05) is 49.2 Å². The van der Waals surface area contributed by atoms with Crippen LogP contribution in [-0.2, 0) is 10.0 Å². The van der Waals surface area contributed by atoms with Gasteiger partial charge in [-0.05, 0) is 48.5 Å². The van der Waals surface area contributed by atoms with E-state index in [-0.39, 0.29) is 16.6 Å². The van der Waals surface area contributed by atoms with Gasteiger partial charge in [0.2, 0.25) is 0 Å². The van der Waals surface area contributed by atoms with Gasteiger partial charge in [0.25, 0.3) is 15.9 Å². The molecule has 2 aromatic carbocycles. The van der Waals surface area contributed by atoms with E-state index < -0.39 is 10.0 Å². The fourth-order valence-electron chi connectivity index (χ4n) is 3.91. The molecule has 2 aliphatic heterocycles. The molecule has 0 spiro atoms. The minimum absolute atomic E-state index is 0.0450. The average molecular weight is 482 g/mol. The summed E-state index contributed by atoms with van der Waals surface area (Å²) in [7, 11) is -3.69. The number of hydrogen-bond donors (Lipinski definition) is 1. The van der Waals surface area contributed by atoms with Crippen molar-refractivity contribution in [3.8, 4) is 0 Å². The molecule has 0 bridgehead atoms. The number of anilines is 2. The number of nitrogens with one attached hydrogen (secondary N) is 1. The van der Waals surface area contributed by atoms with Crippen molar-refractivity contribution in [1.82, 2.24) is 9.88 Å². The predicted octanol–water partition coefficient (Wildman–Crippen LogP) is 3.26. The van der Waals surface area contributed by atoms with E-state index >= 15 is 0 Å². The maximum Gasteiger partial charge on any atom is 0.285 e. The smallest absolute Gasteiger partial charge is 0.285 e. The summed E-state index contributed by atoms with van der Waals surface area (Å²) in [6.45, 7) is 2.56. The number of nitrogens with zero attached hydrogens (tertiary/aromatic N) is 4. The Balaban J connectivity index is 1.23. The Morgan fingerprint density at radius 2 is 1.67 bits per heavy atom. The van der Waals surface area contributed by atoms with Gasteiger partial charge in [-0.25, -0.2) is 4.98 Å². The van der Waals surface area contributed by atoms with Gasteiger partial charge in [-0.3, -0.25) is 4.79 Å². The van der Waals surface area contributed by atoms with Crippen LogP contribution in [0.3, 0.4) is 0 Å². The van der Waals surface area contributed by atoms with E-state index in [1.807, 2.05) is 17.0 Å². The second-order valence-corrected chi connectivity index (χ2v) is 9.74. The number of benzene rings is 2. The fourth-order valence-corrected chi connectivity index (χ4v) is 5.19. The molecule has 0 unspecified atom stereocenters. The summed E-state index contributed by atoms with van der Waals surface area (Å²) in [5.74, 6) is 1.08. The number of piperazine rings is 1. The lowest BCUT2D eigenvalue weighted by Crippen LogP contribution is -2.49. The topological polar surface area (TPSA) is 95.0 Å². The summed E-state index contributed by atoms with van der Waals surface area (Å²) in [6, 6.07) is 17.3. The maximum atomic E-state index is 12.9. The highest BCUT2D eigenvalue weighted by Gasteiger charge is 2.28. The van der Waals surface area contributed by atoms with Crippen LogP contribution >= 0.6 is 11.6 Å². The number of amides is 1. The van der Waals surface area contributed by atoms with Crippen LogP contribution in [0.25, 0.3) is 0 Å². The molecule has 1 fully saturated rings. The number of pyridine rings is 1. The van der Waals surface area contributed by atoms with Crippen LogP contribution < -0.4 is 10.2 Å². The highest BCUT2D eigenvalue weighted by Crippen LogP contribution is 2.27. The molecule has 0 radical (unpaired) electrons. The number of sulfonamides is 1. The first-order chi connectivity index (χ1) is 15.9. The van der Waals surface area contributed by atoms with Gasteiger partial charge in [0.15, 0.2) is 5.84 Å². The average Bonchev–Trinajstić information content (AvgIpc) is 3.09. The van der Waals surface area contributed by atoms with E-state index in [9.17, 15) is 13.2 Å². The molecule has 3 heterocycles. The van der Waals surface area contributed by atoms with Crippen LogP contribution in [0.1, 0.15) is 15.9 Å². The molecule has 1 amide bonds. The minimum atomic E-state index is -3.69. The SMILES string of the molecule is O=C(c1ccc(NC2=NS(=O)(=O)c3ccccc32)cc1)N1CCN(c2ccc(Cl)cn2)CC1. The zero-order chi connectivity index (χ0) is 23.0. The van der Waals surface area contributed by atoms with Crippen molar-refractivity contribution in [3.63, 3.8) is 0 Å². The molecule has 0 aliphatic carbocycles. The van der Waals surface area contributed by atoms with Crippen molar-refractivity contribution in [1.29, 1.82) is 0 Å². The van der Waals surface area contributed by atoms with Crippen LogP contribution in [-0.4, -0.2) is 56.2 Å². The van der Waals surface area contributed by atoms with E-state index in [0.29, 0.717) is 48.0 Å². The Labute approximate surface area is 196 Å². The van der Waals surface area contributed by atoms with Crippen molar-refractivity contribution in [2.45, 2.75) is 4.90 Å². The van der Waals surface area contributed by atoms with Gasteiger partial charge < -0.3 is 15.1 Å². The maximum absolute atomic E-state index is 12.9. The highest BCUT2D eigenvalue weighted by atomic mass is 35.5. The third-order valence-electron chi connectivity index (χ3n) is 5.63. The Bertz CT molecular complexity index is 1330. The van der Waals surface area contributed by atoms with Gasteiger partial charge in [-0.2, -0.15) is 8.42 Å². The number of carbonyl (C=O) groups is 1. The van der Waals surface area contributed by atoms with Gasteiger partial charge in [-0.15, -0.1) is 4.40 Å². The predicted molar refractivity (Wildman–Crippen MR) is 128 cm³/mol. The highest BCUT2D eigenvalue weighted by molar-refractivity contribution is 7.90. The van der Waals surface area contributed by atoms with Gasteiger partial charge >= 0.3 is 0 Å². The first-order valence-electron chi connectivity index (χ1n) is 10.4. The standard InChI is InChI=1S/C23H20ClN5O3S/c24-17-7-10-21(25-15-17)28-11-13-29(14-12-28)23(30)16-5-8-18(9-6-16)26-22-19-3-1-2-4-20(19)33(31,32)27-22/h1-10,15H,11-14H2,(H,26,27). The van der Waals surface area contributed by atoms with E-state index in [1.165, 1.54) is 6.07 Å². The fraction of sp³-hybridized carbons (Fsp3) is 0.174. The lowest BCUT2D eigenvalue weighted by Gasteiger charge is -2.35. The second-order valence-electron chi connectivity index (χ2n) is 7.73. The normalized spacial score (nSPS) is 16.8. The number of rotatable bonds is 3. The summed E-state index contributed by atoms with van der Waals surface area (Å²) >= 11 is 5.90. The van der Waals surface area contributed by atoms with Gasteiger partial charge in [-0.1, -0.05) is 23.7 Å². The summed E-state index contributed by atoms with van der Waals surface area (Å²) in [6.07, 6.45) is 1.62. The molecule has 0 atom stereocenters. The third kappa shape index (κ3) is 4.29. The van der Waals surface area contributed by atoms with Crippen molar-refractivity contribution in [3.05, 3.63) is 83.0 Å². The van der Waals surface area contributed by atoms with E-state index in [2.05, 4.69) is 19.6 Å². The molecule has 8 nitrogen and oxygen atoms in total. The summed E-state index contributed by atoms with van der Waals surface area (Å²) < 4.78 is 28.3. The van der Waals surface area contributed by atoms with E-state index in [4.69, 9.17) is 11.6 Å². The molecular formula is C23H20ClN5O3S. The Morgan fingerprint density at radius 3 is 2.36 bits per heavy atom. The summed E-state index contributed by atoms with van der Waals surface area (Å²) in [4.78, 5) is 21.4. The van der Waals surface area contributed by atoms with Crippen LogP contribution in [0, 0.1) is 0 Å². The zero-order valence-corrected chi connectivity index (χ0v) is 19.1. The largest absolute Gasteiger partial charge is 0.353 e. The number of halogens is 1. The molecule has 2 aliphatic rings. The molecular weight excluding hydrogens is 462 g/mol. The number of hydrogen-bond acceptors (Lipinski definition) is 6. The van der Waals surface area contributed by atoms with Crippen LogP contribution in [0.4, 0.5) is 11.5 Å². The molecule has 168 valence electrons. The van der Waals surface area contributed by atoms with Crippen molar-refractivity contribution < 1.29 is 13.2 Å². The first-order valence-corrected chi connectivity index (χ1v) is 12.2. The molecule has 1 aromatic heterocycles. The quantitative estimate of drug-likeness (QED) is 0.617. The van der Waals surface area contributed by atoms with Crippen LogP contribution in [0.2, 0.25) is 5.02 Å². The molecule has 10 heteroatoms. The molecule has 33 heavy (non-hydrogen) atoms. The Kier molecular flexibility index (Phi) is 5.51.